The van der Waals surface area contributed by atoms with Crippen LogP contribution in [0.2, 0.25) is 0 Å². The van der Waals surface area contributed by atoms with Crippen molar-refractivity contribution in [1.82, 2.24) is 5.32 Å². The van der Waals surface area contributed by atoms with Crippen LogP contribution in [-0.4, -0.2) is 44.8 Å². The van der Waals surface area contributed by atoms with Gasteiger partial charge in [0.05, 0.1) is 13.2 Å². The lowest BCUT2D eigenvalue weighted by Gasteiger charge is -2.28. The van der Waals surface area contributed by atoms with Gasteiger partial charge in [-0.1, -0.05) is 18.2 Å². The Bertz CT molecular complexity index is 863. The lowest BCUT2D eigenvalue weighted by molar-refractivity contribution is -0.117. The normalized spacial score (nSPS) is 16.8. The Balaban J connectivity index is 1.29. The van der Waals surface area contributed by atoms with Crippen LogP contribution in [0.3, 0.4) is 0 Å². The van der Waals surface area contributed by atoms with E-state index in [1.165, 1.54) is 5.69 Å². The topological polar surface area (TPSA) is 73.9 Å². The summed E-state index contributed by atoms with van der Waals surface area (Å²) in [7, 11) is 0. The van der Waals surface area contributed by atoms with Crippen molar-refractivity contribution in [2.45, 2.75) is 19.4 Å². The summed E-state index contributed by atoms with van der Waals surface area (Å²) in [5.74, 6) is 0.132. The third-order valence-corrected chi connectivity index (χ3v) is 5.25. The van der Waals surface area contributed by atoms with Crippen molar-refractivity contribution < 1.29 is 14.3 Å². The molecule has 2 aliphatic rings. The summed E-state index contributed by atoms with van der Waals surface area (Å²) in [6.45, 7) is 4.51. The fourth-order valence-electron chi connectivity index (χ4n) is 3.68. The number of amides is 3. The highest BCUT2D eigenvalue weighted by Gasteiger charge is 2.21. The number of nitrogens with one attached hydrogen (secondary N) is 2. The zero-order valence-corrected chi connectivity index (χ0v) is 16.4. The van der Waals surface area contributed by atoms with Crippen LogP contribution in [-0.2, 0) is 16.1 Å². The van der Waals surface area contributed by atoms with Crippen LogP contribution >= 0.6 is 0 Å². The molecular formula is C22H26N4O3. The van der Waals surface area contributed by atoms with Crippen molar-refractivity contribution in [2.24, 2.45) is 0 Å². The van der Waals surface area contributed by atoms with Gasteiger partial charge in [0.15, 0.2) is 0 Å². The fourth-order valence-corrected chi connectivity index (χ4v) is 3.68. The summed E-state index contributed by atoms with van der Waals surface area (Å²) in [6.07, 6.45) is 1.46. The molecular weight excluding hydrogens is 368 g/mol. The lowest BCUT2D eigenvalue weighted by Crippen LogP contribution is -2.36. The molecule has 2 saturated heterocycles. The predicted octanol–water partition coefficient (Wildman–Crippen LogP) is 2.97. The first kappa shape index (κ1) is 19.3. The maximum Gasteiger partial charge on any atom is 0.319 e. The van der Waals surface area contributed by atoms with Crippen LogP contribution < -0.4 is 20.4 Å². The molecule has 29 heavy (non-hydrogen) atoms. The Morgan fingerprint density at radius 2 is 1.79 bits per heavy atom. The first-order chi connectivity index (χ1) is 14.2. The number of hydrogen-bond acceptors (Lipinski definition) is 4. The minimum absolute atomic E-state index is 0.132. The molecule has 2 fully saturated rings. The van der Waals surface area contributed by atoms with E-state index < -0.39 is 0 Å². The summed E-state index contributed by atoms with van der Waals surface area (Å²) < 4.78 is 5.38. The second-order valence-corrected chi connectivity index (χ2v) is 7.27. The number of urea groups is 1. The maximum atomic E-state index is 12.3. The zero-order chi connectivity index (χ0) is 20.1. The maximum absolute atomic E-state index is 12.3. The molecule has 0 bridgehead atoms. The van der Waals surface area contributed by atoms with Crippen molar-refractivity contribution in [2.75, 3.05) is 48.0 Å². The van der Waals surface area contributed by atoms with Crippen LogP contribution in [0, 0.1) is 0 Å². The highest BCUT2D eigenvalue weighted by Crippen LogP contribution is 2.24. The monoisotopic (exact) mass is 394 g/mol. The molecule has 0 spiro atoms. The quantitative estimate of drug-likeness (QED) is 0.818. The van der Waals surface area contributed by atoms with E-state index in [1.54, 1.807) is 4.90 Å². The number of carbonyl (C=O) groups is 2. The van der Waals surface area contributed by atoms with E-state index in [-0.39, 0.29) is 11.9 Å². The molecule has 0 aromatic heterocycles. The minimum Gasteiger partial charge on any atom is -0.378 e. The molecule has 152 valence electrons. The van der Waals surface area contributed by atoms with E-state index in [0.717, 1.165) is 50.5 Å². The molecule has 2 N–H and O–H groups in total. The van der Waals surface area contributed by atoms with Crippen molar-refractivity contribution in [3.63, 3.8) is 0 Å². The van der Waals surface area contributed by atoms with Gasteiger partial charge in [0.2, 0.25) is 5.91 Å². The minimum atomic E-state index is -0.271. The number of benzene rings is 2. The van der Waals surface area contributed by atoms with Crippen molar-refractivity contribution in [1.29, 1.82) is 0 Å². The molecule has 0 atom stereocenters. The molecule has 0 unspecified atom stereocenters. The number of rotatable bonds is 5. The van der Waals surface area contributed by atoms with Gasteiger partial charge < -0.3 is 25.2 Å². The number of nitrogens with zero attached hydrogens (tertiary/aromatic N) is 2. The summed E-state index contributed by atoms with van der Waals surface area (Å²) in [5, 5.41) is 5.72. The Hall–Kier alpha value is -3.06. The molecule has 3 amide bonds. The third kappa shape index (κ3) is 4.86. The van der Waals surface area contributed by atoms with Crippen LogP contribution in [0.5, 0.6) is 0 Å². The molecule has 0 aliphatic carbocycles. The van der Waals surface area contributed by atoms with Gasteiger partial charge in [-0.25, -0.2) is 4.79 Å². The lowest BCUT2D eigenvalue weighted by atomic mass is 10.2. The first-order valence-electron chi connectivity index (χ1n) is 10.1. The second kappa shape index (κ2) is 8.96. The molecule has 2 aromatic rings. The van der Waals surface area contributed by atoms with E-state index in [9.17, 15) is 9.59 Å². The number of morpholine rings is 1. The number of ether oxygens (including phenoxy) is 1. The van der Waals surface area contributed by atoms with Gasteiger partial charge in [0.25, 0.3) is 0 Å². The van der Waals surface area contributed by atoms with Crippen LogP contribution in [0.1, 0.15) is 18.4 Å². The Morgan fingerprint density at radius 1 is 1.00 bits per heavy atom. The van der Waals surface area contributed by atoms with Gasteiger partial charge in [-0.3, -0.25) is 4.79 Å². The molecule has 0 saturated carbocycles. The SMILES string of the molecule is O=C(NCc1ccc(N2CCOCC2)cc1)Nc1cccc(N2CCCC2=O)c1. The molecule has 2 aromatic carbocycles. The summed E-state index contributed by atoms with van der Waals surface area (Å²) in [4.78, 5) is 28.2. The molecule has 7 nitrogen and oxygen atoms in total. The predicted molar refractivity (Wildman–Crippen MR) is 113 cm³/mol. The highest BCUT2D eigenvalue weighted by atomic mass is 16.5. The van der Waals surface area contributed by atoms with Crippen molar-refractivity contribution in [3.8, 4) is 0 Å². The number of anilines is 3. The van der Waals surface area contributed by atoms with E-state index in [0.29, 0.717) is 18.7 Å². The van der Waals surface area contributed by atoms with Gasteiger partial charge in [-0.05, 0) is 42.3 Å². The van der Waals surface area contributed by atoms with Gasteiger partial charge in [0, 0.05) is 49.7 Å². The molecule has 4 rings (SSSR count). The molecule has 0 radical (unpaired) electrons. The molecule has 7 heteroatoms. The Kier molecular flexibility index (Phi) is 5.95. The Morgan fingerprint density at radius 3 is 2.52 bits per heavy atom. The molecule has 2 aliphatic heterocycles. The van der Waals surface area contributed by atoms with Crippen molar-refractivity contribution in [3.05, 3.63) is 54.1 Å². The number of hydrogen-bond donors (Lipinski definition) is 2. The van der Waals surface area contributed by atoms with Crippen LogP contribution in [0.15, 0.2) is 48.5 Å². The summed E-state index contributed by atoms with van der Waals surface area (Å²) >= 11 is 0. The summed E-state index contributed by atoms with van der Waals surface area (Å²) in [6, 6.07) is 15.3. The standard InChI is InChI=1S/C22H26N4O3/c27-21-5-2-10-26(21)20-4-1-3-18(15-20)24-22(28)23-16-17-6-8-19(9-7-17)25-11-13-29-14-12-25/h1,3-4,6-9,15H,2,5,10-14,16H2,(H2,23,24,28). The van der Waals surface area contributed by atoms with E-state index in [2.05, 4.69) is 27.7 Å². The van der Waals surface area contributed by atoms with E-state index >= 15 is 0 Å². The summed E-state index contributed by atoms with van der Waals surface area (Å²) in [5.41, 5.74) is 3.70. The van der Waals surface area contributed by atoms with Crippen LogP contribution in [0.25, 0.3) is 0 Å². The first-order valence-corrected chi connectivity index (χ1v) is 10.1. The average Bonchev–Trinajstić information content (AvgIpc) is 3.19. The van der Waals surface area contributed by atoms with Crippen LogP contribution in [0.4, 0.5) is 21.9 Å². The number of carbonyl (C=O) groups excluding carboxylic acids is 2. The van der Waals surface area contributed by atoms with Gasteiger partial charge in [-0.15, -0.1) is 0 Å². The van der Waals surface area contributed by atoms with Gasteiger partial charge >= 0.3 is 6.03 Å². The smallest absolute Gasteiger partial charge is 0.319 e. The fraction of sp³-hybridized carbons (Fsp3) is 0.364. The van der Waals surface area contributed by atoms with E-state index in [1.807, 2.05) is 36.4 Å². The highest BCUT2D eigenvalue weighted by molar-refractivity contribution is 5.96. The van der Waals surface area contributed by atoms with Crippen molar-refractivity contribution >= 4 is 29.0 Å². The zero-order valence-electron chi connectivity index (χ0n) is 16.4. The average molecular weight is 394 g/mol. The second-order valence-electron chi connectivity index (χ2n) is 7.27. The third-order valence-electron chi connectivity index (χ3n) is 5.25. The van der Waals surface area contributed by atoms with E-state index in [4.69, 9.17) is 4.74 Å². The van der Waals surface area contributed by atoms with Gasteiger partial charge in [-0.2, -0.15) is 0 Å². The Labute approximate surface area is 170 Å². The molecule has 2 heterocycles. The van der Waals surface area contributed by atoms with Gasteiger partial charge in [0.1, 0.15) is 0 Å². The largest absolute Gasteiger partial charge is 0.378 e.